The Morgan fingerprint density at radius 1 is 1.13 bits per heavy atom. The molecule has 2 aliphatic rings. The quantitative estimate of drug-likeness (QED) is 0.658. The topological polar surface area (TPSA) is 116 Å². The molecule has 0 saturated carbocycles. The molecule has 2 aliphatic heterocycles. The Hall–Kier alpha value is -2.17. The van der Waals surface area contributed by atoms with Crippen LogP contribution in [-0.4, -0.2) is 80.9 Å². The van der Waals surface area contributed by atoms with Crippen LogP contribution in [0.4, 0.5) is 5.69 Å². The minimum Gasteiger partial charge on any atom is -0.359 e. The highest BCUT2D eigenvalue weighted by atomic mass is 32.2. The van der Waals surface area contributed by atoms with Gasteiger partial charge in [-0.1, -0.05) is 0 Å². The fraction of sp³-hybridized carbons (Fsp3) is 0.619. The molecule has 9 nitrogen and oxygen atoms in total. The number of piperazine rings is 1. The molecule has 1 saturated heterocycles. The van der Waals surface area contributed by atoms with E-state index in [0.29, 0.717) is 39.1 Å². The van der Waals surface area contributed by atoms with Crippen LogP contribution in [0.1, 0.15) is 33.3 Å². The van der Waals surface area contributed by atoms with E-state index in [4.69, 9.17) is 5.14 Å². The standard InChI is InChI=1S/C21H33N5O4S/c1-15-11-16-12-17(31(22,29)30)5-6-18(16)26(15)14-20(28)25-9-7-24(8-10-25)13-19(27)23-21(2,3)4/h5-6,12,15H,7-11,13-14H2,1-4H3,(H,23,27)(H2,22,29,30)/t15-/m1/s1. The van der Waals surface area contributed by atoms with Crippen molar-refractivity contribution < 1.29 is 18.0 Å². The number of sulfonamides is 1. The number of nitrogens with one attached hydrogen (secondary N) is 1. The molecular weight excluding hydrogens is 418 g/mol. The molecule has 0 unspecified atom stereocenters. The van der Waals surface area contributed by atoms with Gasteiger partial charge in [-0.2, -0.15) is 0 Å². The van der Waals surface area contributed by atoms with E-state index >= 15 is 0 Å². The summed E-state index contributed by atoms with van der Waals surface area (Å²) < 4.78 is 23.2. The van der Waals surface area contributed by atoms with Crippen LogP contribution in [0.3, 0.4) is 0 Å². The van der Waals surface area contributed by atoms with Gasteiger partial charge in [0.1, 0.15) is 0 Å². The maximum atomic E-state index is 12.9. The second kappa shape index (κ2) is 8.76. The van der Waals surface area contributed by atoms with Gasteiger partial charge in [-0.15, -0.1) is 0 Å². The largest absolute Gasteiger partial charge is 0.359 e. The number of carbonyl (C=O) groups is 2. The maximum Gasteiger partial charge on any atom is 0.242 e. The van der Waals surface area contributed by atoms with Crippen molar-refractivity contribution in [3.8, 4) is 0 Å². The van der Waals surface area contributed by atoms with Crippen LogP contribution in [0.5, 0.6) is 0 Å². The molecule has 0 aliphatic carbocycles. The molecule has 0 aromatic heterocycles. The number of benzene rings is 1. The molecule has 31 heavy (non-hydrogen) atoms. The van der Waals surface area contributed by atoms with E-state index in [9.17, 15) is 18.0 Å². The molecule has 0 radical (unpaired) electrons. The first kappa shape index (κ1) is 23.5. The van der Waals surface area contributed by atoms with Crippen molar-refractivity contribution in [2.75, 3.05) is 44.2 Å². The summed E-state index contributed by atoms with van der Waals surface area (Å²) in [5, 5.41) is 8.20. The zero-order chi connectivity index (χ0) is 23.0. The molecule has 172 valence electrons. The van der Waals surface area contributed by atoms with Crippen LogP contribution < -0.4 is 15.4 Å². The van der Waals surface area contributed by atoms with E-state index in [-0.39, 0.29) is 34.8 Å². The van der Waals surface area contributed by atoms with Crippen molar-refractivity contribution in [2.45, 2.75) is 50.6 Å². The number of fused-ring (bicyclic) bond motifs is 1. The van der Waals surface area contributed by atoms with Crippen molar-refractivity contribution in [1.29, 1.82) is 0 Å². The number of anilines is 1. The fourth-order valence-electron chi connectivity index (χ4n) is 4.15. The van der Waals surface area contributed by atoms with Crippen LogP contribution in [0, 0.1) is 0 Å². The second-order valence-electron chi connectivity index (χ2n) is 9.47. The number of nitrogens with zero attached hydrogens (tertiary/aromatic N) is 3. The monoisotopic (exact) mass is 451 g/mol. The average molecular weight is 452 g/mol. The number of carbonyl (C=O) groups excluding carboxylic acids is 2. The van der Waals surface area contributed by atoms with Crippen LogP contribution in [0.2, 0.25) is 0 Å². The number of nitrogens with two attached hydrogens (primary N) is 1. The van der Waals surface area contributed by atoms with Gasteiger partial charge in [-0.3, -0.25) is 14.5 Å². The Morgan fingerprint density at radius 3 is 2.35 bits per heavy atom. The van der Waals surface area contributed by atoms with E-state index < -0.39 is 10.0 Å². The minimum atomic E-state index is -3.75. The molecule has 2 heterocycles. The van der Waals surface area contributed by atoms with Crippen molar-refractivity contribution in [3.63, 3.8) is 0 Å². The first-order valence-electron chi connectivity index (χ1n) is 10.6. The molecule has 10 heteroatoms. The van der Waals surface area contributed by atoms with Crippen LogP contribution in [0.15, 0.2) is 23.1 Å². The molecule has 3 N–H and O–H groups in total. The molecular formula is C21H33N5O4S. The third kappa shape index (κ3) is 5.96. The average Bonchev–Trinajstić information content (AvgIpc) is 2.94. The predicted molar refractivity (Wildman–Crippen MR) is 119 cm³/mol. The maximum absolute atomic E-state index is 12.9. The van der Waals surface area contributed by atoms with E-state index in [1.807, 2.05) is 37.5 Å². The molecule has 1 aromatic carbocycles. The number of primary sulfonamides is 1. The summed E-state index contributed by atoms with van der Waals surface area (Å²) in [6, 6.07) is 4.92. The van der Waals surface area contributed by atoms with Gasteiger partial charge in [0.2, 0.25) is 21.8 Å². The van der Waals surface area contributed by atoms with Crippen LogP contribution in [0.25, 0.3) is 0 Å². The lowest BCUT2D eigenvalue weighted by Gasteiger charge is -2.36. The Kier molecular flexibility index (Phi) is 6.64. The highest BCUT2D eigenvalue weighted by Crippen LogP contribution is 2.33. The normalized spacial score (nSPS) is 20.0. The number of hydrogen-bond acceptors (Lipinski definition) is 6. The molecule has 0 spiro atoms. The van der Waals surface area contributed by atoms with E-state index in [0.717, 1.165) is 11.3 Å². The number of rotatable bonds is 5. The first-order chi connectivity index (χ1) is 14.3. The summed E-state index contributed by atoms with van der Waals surface area (Å²) in [6.45, 7) is 11.0. The summed E-state index contributed by atoms with van der Waals surface area (Å²) in [4.78, 5) is 31.1. The Balaban J connectivity index is 1.56. The van der Waals surface area contributed by atoms with E-state index in [2.05, 4.69) is 10.2 Å². The molecule has 1 atom stereocenters. The SMILES string of the molecule is C[C@@H]1Cc2cc(S(N)(=O)=O)ccc2N1CC(=O)N1CCN(CC(=O)NC(C)(C)C)CC1. The van der Waals surface area contributed by atoms with Crippen molar-refractivity contribution in [2.24, 2.45) is 5.14 Å². The number of amides is 2. The Bertz CT molecular complexity index is 949. The minimum absolute atomic E-state index is 0.00589. The van der Waals surface area contributed by atoms with Gasteiger partial charge in [-0.25, -0.2) is 13.6 Å². The van der Waals surface area contributed by atoms with Gasteiger partial charge in [0.25, 0.3) is 0 Å². The third-order valence-electron chi connectivity index (χ3n) is 5.65. The van der Waals surface area contributed by atoms with Gasteiger partial charge in [0, 0.05) is 43.4 Å². The summed E-state index contributed by atoms with van der Waals surface area (Å²) in [5.74, 6) is 0.0302. The van der Waals surface area contributed by atoms with Crippen molar-refractivity contribution in [3.05, 3.63) is 23.8 Å². The van der Waals surface area contributed by atoms with Crippen LogP contribution >= 0.6 is 0 Å². The van der Waals surface area contributed by atoms with Gasteiger partial charge < -0.3 is 15.1 Å². The smallest absolute Gasteiger partial charge is 0.242 e. The second-order valence-corrected chi connectivity index (χ2v) is 11.0. The summed E-state index contributed by atoms with van der Waals surface area (Å²) in [5.41, 5.74) is 1.51. The fourth-order valence-corrected chi connectivity index (χ4v) is 4.72. The zero-order valence-corrected chi connectivity index (χ0v) is 19.5. The third-order valence-corrected chi connectivity index (χ3v) is 6.56. The lowest BCUT2D eigenvalue weighted by atomic mass is 10.1. The summed E-state index contributed by atoms with van der Waals surface area (Å²) in [6.07, 6.45) is 0.669. The summed E-state index contributed by atoms with van der Waals surface area (Å²) >= 11 is 0. The molecule has 3 rings (SSSR count). The predicted octanol–water partition coefficient (Wildman–Crippen LogP) is 0.144. The Morgan fingerprint density at radius 2 is 1.77 bits per heavy atom. The molecule has 0 bridgehead atoms. The molecule has 2 amide bonds. The zero-order valence-electron chi connectivity index (χ0n) is 18.7. The molecule has 1 fully saturated rings. The van der Waals surface area contributed by atoms with Crippen molar-refractivity contribution >= 4 is 27.5 Å². The van der Waals surface area contributed by atoms with E-state index in [1.54, 1.807) is 12.1 Å². The van der Waals surface area contributed by atoms with Gasteiger partial charge >= 0.3 is 0 Å². The first-order valence-corrected chi connectivity index (χ1v) is 12.1. The number of hydrogen-bond donors (Lipinski definition) is 2. The van der Waals surface area contributed by atoms with Crippen molar-refractivity contribution in [1.82, 2.24) is 15.1 Å². The van der Waals surface area contributed by atoms with E-state index in [1.165, 1.54) is 6.07 Å². The van der Waals surface area contributed by atoms with Gasteiger partial charge in [-0.05, 0) is 57.9 Å². The molecule has 1 aromatic rings. The highest BCUT2D eigenvalue weighted by Gasteiger charge is 2.31. The Labute approximate surface area is 184 Å². The lowest BCUT2D eigenvalue weighted by Crippen LogP contribution is -2.54. The summed E-state index contributed by atoms with van der Waals surface area (Å²) in [7, 11) is -3.75. The lowest BCUT2D eigenvalue weighted by molar-refractivity contribution is -0.132. The van der Waals surface area contributed by atoms with Crippen LogP contribution in [-0.2, 0) is 26.0 Å². The van der Waals surface area contributed by atoms with Gasteiger partial charge in [0.15, 0.2) is 0 Å². The van der Waals surface area contributed by atoms with Gasteiger partial charge in [0.05, 0.1) is 18.0 Å². The highest BCUT2D eigenvalue weighted by molar-refractivity contribution is 7.89.